The van der Waals surface area contributed by atoms with Crippen molar-refractivity contribution in [2.24, 2.45) is 11.8 Å². The molecule has 0 radical (unpaired) electrons. The summed E-state index contributed by atoms with van der Waals surface area (Å²) >= 11 is 14.0. The molecular weight excluding hydrogens is 787 g/mol. The van der Waals surface area contributed by atoms with Crippen LogP contribution in [0.1, 0.15) is 86.5 Å². The van der Waals surface area contributed by atoms with E-state index < -0.39 is 11.8 Å². The Morgan fingerprint density at radius 1 is 0.673 bits per heavy atom. The second-order valence-corrected chi connectivity index (χ2v) is 16.6. The second kappa shape index (κ2) is 18.4. The molecule has 4 aliphatic rings. The number of thiophene rings is 2. The van der Waals surface area contributed by atoms with Crippen LogP contribution < -0.4 is 26.6 Å². The normalized spacial score (nSPS) is 16.7. The van der Waals surface area contributed by atoms with Crippen molar-refractivity contribution in [3.63, 3.8) is 0 Å². The lowest BCUT2D eigenvalue weighted by atomic mass is 9.97. The Bertz CT molecular complexity index is 2110. The van der Waals surface area contributed by atoms with Crippen LogP contribution in [0.25, 0.3) is 0 Å². The number of nitrogens with one attached hydrogen (secondary N) is 5. The number of aliphatic hydroxyl groups excluding tert-OH is 1. The number of imide groups is 2. The Balaban J connectivity index is 0.000000160. The predicted octanol–water partition coefficient (Wildman–Crippen LogP) is 5.77. The number of piperidine rings is 2. The molecule has 2 aromatic carbocycles. The van der Waals surface area contributed by atoms with E-state index in [0.29, 0.717) is 60.4 Å². The quantitative estimate of drug-likeness (QED) is 0.126. The van der Waals surface area contributed by atoms with Crippen molar-refractivity contribution in [2.45, 2.75) is 25.7 Å². The van der Waals surface area contributed by atoms with Crippen molar-refractivity contribution in [3.05, 3.63) is 101 Å². The van der Waals surface area contributed by atoms with Gasteiger partial charge in [-0.2, -0.15) is 0 Å². The summed E-state index contributed by atoms with van der Waals surface area (Å²) < 4.78 is 1.01. The Hall–Kier alpha value is -4.48. The van der Waals surface area contributed by atoms with Crippen molar-refractivity contribution in [1.29, 1.82) is 0 Å². The lowest BCUT2D eigenvalue weighted by molar-refractivity contribution is 0.0618. The van der Waals surface area contributed by atoms with Gasteiger partial charge in [-0.15, -0.1) is 22.7 Å². The third-order valence-corrected chi connectivity index (χ3v) is 11.9. The van der Waals surface area contributed by atoms with E-state index >= 15 is 0 Å². The average Bonchev–Trinajstić information content (AvgIpc) is 3.96. The molecule has 0 unspecified atom stereocenters. The number of halogens is 2. The molecule has 2 fully saturated rings. The molecule has 0 atom stereocenters. The van der Waals surface area contributed by atoms with E-state index in [1.807, 2.05) is 0 Å². The lowest BCUT2D eigenvalue weighted by Gasteiger charge is -2.26. The second-order valence-electron chi connectivity index (χ2n) is 13.1. The number of carbonyl (C=O) groups excluding carboxylic acids is 6. The minimum absolute atomic E-state index is 0.188. The maximum Gasteiger partial charge on any atom is 0.265 e. The van der Waals surface area contributed by atoms with Gasteiger partial charge in [-0.1, -0.05) is 35.3 Å². The van der Waals surface area contributed by atoms with Crippen LogP contribution in [0, 0.1) is 11.8 Å². The summed E-state index contributed by atoms with van der Waals surface area (Å²) in [4.78, 5) is 75.6. The Kier molecular flexibility index (Phi) is 13.5. The minimum Gasteiger partial charge on any atom is -0.396 e. The third-order valence-electron chi connectivity index (χ3n) is 9.47. The Labute approximate surface area is 334 Å². The van der Waals surface area contributed by atoms with Crippen molar-refractivity contribution >= 4 is 92.7 Å². The summed E-state index contributed by atoms with van der Waals surface area (Å²) in [6, 6.07) is 16.2. The summed E-state index contributed by atoms with van der Waals surface area (Å²) in [5.41, 5.74) is 1.72. The number of anilines is 2. The van der Waals surface area contributed by atoms with E-state index in [1.54, 1.807) is 54.6 Å². The average molecular weight is 826 g/mol. The zero-order chi connectivity index (χ0) is 39.1. The van der Waals surface area contributed by atoms with E-state index in [0.717, 1.165) is 74.5 Å². The molecule has 55 heavy (non-hydrogen) atoms. The van der Waals surface area contributed by atoms with Crippen LogP contribution in [0.4, 0.5) is 11.4 Å². The van der Waals surface area contributed by atoms with Gasteiger partial charge in [0.15, 0.2) is 0 Å². The number of fused-ring (bicyclic) bond motifs is 2. The number of benzene rings is 2. The number of hydrogen-bond acceptors (Lipinski definition) is 11. The van der Waals surface area contributed by atoms with Gasteiger partial charge in [-0.3, -0.25) is 39.0 Å². The van der Waals surface area contributed by atoms with Gasteiger partial charge in [-0.25, -0.2) is 0 Å². The molecule has 0 saturated carbocycles. The first-order valence-electron chi connectivity index (χ1n) is 17.7. The smallest absolute Gasteiger partial charge is 0.265 e. The summed E-state index contributed by atoms with van der Waals surface area (Å²) in [6.07, 6.45) is 4.18. The van der Waals surface area contributed by atoms with E-state index in [4.69, 9.17) is 28.3 Å². The van der Waals surface area contributed by atoms with Crippen LogP contribution in [0.5, 0.6) is 0 Å². The zero-order valence-electron chi connectivity index (χ0n) is 29.4. The number of nitrogens with zero attached hydrogens (tertiary/aromatic N) is 1. The van der Waals surface area contributed by atoms with Gasteiger partial charge < -0.3 is 26.4 Å². The molecule has 6 N–H and O–H groups in total. The number of carbonyl (C=O) groups is 6. The molecule has 2 saturated heterocycles. The summed E-state index contributed by atoms with van der Waals surface area (Å²) in [5.74, 6) is -1.43. The zero-order valence-corrected chi connectivity index (χ0v) is 32.6. The van der Waals surface area contributed by atoms with Crippen LogP contribution in [0.2, 0.25) is 8.67 Å². The molecule has 2 aromatic heterocycles. The van der Waals surface area contributed by atoms with Crippen molar-refractivity contribution in [1.82, 2.24) is 20.9 Å². The molecule has 13 nitrogen and oxygen atoms in total. The summed E-state index contributed by atoms with van der Waals surface area (Å²) in [5, 5.41) is 22.7. The number of aliphatic hydroxyl groups is 1. The van der Waals surface area contributed by atoms with Gasteiger partial charge in [0, 0.05) is 13.2 Å². The van der Waals surface area contributed by atoms with E-state index in [-0.39, 0.29) is 40.3 Å². The molecule has 8 rings (SSSR count). The number of amides is 6. The molecule has 0 spiro atoms. The fourth-order valence-corrected chi connectivity index (χ4v) is 8.43. The highest BCUT2D eigenvalue weighted by Gasteiger charge is 2.39. The monoisotopic (exact) mass is 824 g/mol. The van der Waals surface area contributed by atoms with Crippen LogP contribution in [0.15, 0.2) is 60.7 Å². The van der Waals surface area contributed by atoms with Crippen molar-refractivity contribution in [2.75, 3.05) is 50.0 Å². The topological polar surface area (TPSA) is 186 Å². The van der Waals surface area contributed by atoms with Crippen molar-refractivity contribution in [3.8, 4) is 0 Å². The maximum atomic E-state index is 12.9. The molecule has 0 bridgehead atoms. The van der Waals surface area contributed by atoms with Crippen LogP contribution in [-0.2, 0) is 0 Å². The first-order valence-corrected chi connectivity index (χ1v) is 20.1. The fourth-order valence-electron chi connectivity index (χ4n) is 6.55. The highest BCUT2D eigenvalue weighted by atomic mass is 35.5. The first-order chi connectivity index (χ1) is 26.5. The van der Waals surface area contributed by atoms with E-state index in [2.05, 4.69) is 26.6 Å². The fraction of sp³-hybridized carbons (Fsp3) is 0.316. The molecule has 17 heteroatoms. The van der Waals surface area contributed by atoms with E-state index in [1.165, 1.54) is 11.0 Å². The molecule has 4 aliphatic heterocycles. The Morgan fingerprint density at radius 3 is 1.67 bits per heavy atom. The van der Waals surface area contributed by atoms with Crippen LogP contribution in [0.3, 0.4) is 0 Å². The standard InChI is InChI=1S/C19H18ClN3O3S.C13H7ClN2O3S.C6H13NO/c20-15-5-4-14(27-15)17(24)22-13-3-1-2-12-16(13)19(26)23(18(12)25)10-11-6-8-21-9-7-11;14-9-5-4-8(20-9)12(18)15-7-3-1-2-6-10(7)13(19)16-11(6)17;8-5-6-1-3-7-4-2-6/h1-5,11,21H,6-10H2,(H,22,24);1-5H,(H,15,18)(H,16,17,19);6-8H,1-5H2. The van der Waals surface area contributed by atoms with Gasteiger partial charge >= 0.3 is 0 Å². The van der Waals surface area contributed by atoms with Crippen LogP contribution >= 0.6 is 45.9 Å². The third kappa shape index (κ3) is 9.67. The highest BCUT2D eigenvalue weighted by molar-refractivity contribution is 7.18. The van der Waals surface area contributed by atoms with Gasteiger partial charge in [-0.05, 0) is 112 Å². The number of rotatable bonds is 7. The Morgan fingerprint density at radius 2 is 1.18 bits per heavy atom. The van der Waals surface area contributed by atoms with Gasteiger partial charge in [0.1, 0.15) is 0 Å². The summed E-state index contributed by atoms with van der Waals surface area (Å²) in [6.45, 7) is 4.77. The summed E-state index contributed by atoms with van der Waals surface area (Å²) in [7, 11) is 0. The lowest BCUT2D eigenvalue weighted by Crippen LogP contribution is -2.39. The SMILES string of the molecule is O=C(Nc1cccc2c1C(=O)N(CC1CCNCC1)C2=O)c1ccc(Cl)s1.O=C(Nc1cccc2c1C(=O)NC2=O)c1ccc(Cl)s1.OCC1CCNCC1. The highest BCUT2D eigenvalue weighted by Crippen LogP contribution is 2.32. The molecule has 288 valence electrons. The van der Waals surface area contributed by atoms with Gasteiger partial charge in [0.2, 0.25) is 0 Å². The largest absolute Gasteiger partial charge is 0.396 e. The minimum atomic E-state index is -0.509. The predicted molar refractivity (Wildman–Crippen MR) is 213 cm³/mol. The molecule has 6 heterocycles. The number of hydrogen-bond donors (Lipinski definition) is 6. The first kappa shape index (κ1) is 40.2. The van der Waals surface area contributed by atoms with Crippen molar-refractivity contribution < 1.29 is 33.9 Å². The van der Waals surface area contributed by atoms with Crippen LogP contribution in [-0.4, -0.2) is 84.8 Å². The molecule has 4 aromatic rings. The van der Waals surface area contributed by atoms with Gasteiger partial charge in [0.05, 0.1) is 52.1 Å². The van der Waals surface area contributed by atoms with Gasteiger partial charge in [0.25, 0.3) is 35.4 Å². The maximum absolute atomic E-state index is 12.9. The van der Waals surface area contributed by atoms with E-state index in [9.17, 15) is 28.8 Å². The molecule has 6 amide bonds. The molecule has 0 aliphatic carbocycles. The molecular formula is C38H38Cl2N6O7S2.